The molecule has 0 amide bonds. The van der Waals surface area contributed by atoms with Gasteiger partial charge in [-0.3, -0.25) is 0 Å². The fraction of sp³-hybridized carbons (Fsp3) is 0.500. The Morgan fingerprint density at radius 1 is 0.765 bits per heavy atom. The van der Waals surface area contributed by atoms with Gasteiger partial charge in [-0.2, -0.15) is 8.78 Å². The summed E-state index contributed by atoms with van der Waals surface area (Å²) in [5.74, 6) is -3.02. The molecule has 6 heteroatoms. The molecular weight excluding hydrogens is 444 g/mol. The maximum atomic E-state index is 14.8. The van der Waals surface area contributed by atoms with Crippen molar-refractivity contribution in [1.82, 2.24) is 0 Å². The molecule has 0 bridgehead atoms. The van der Waals surface area contributed by atoms with E-state index in [2.05, 4.69) is 19.1 Å². The first kappa shape index (κ1) is 24.6. The summed E-state index contributed by atoms with van der Waals surface area (Å²) in [6.45, 7) is 4.19. The summed E-state index contributed by atoms with van der Waals surface area (Å²) in [4.78, 5) is 0. The minimum absolute atomic E-state index is 0.157. The van der Waals surface area contributed by atoms with Crippen LogP contribution >= 0.6 is 0 Å². The minimum atomic E-state index is -1.28. The van der Waals surface area contributed by atoms with Crippen LogP contribution in [0.5, 0.6) is 11.5 Å². The van der Waals surface area contributed by atoms with Crippen LogP contribution in [0.25, 0.3) is 11.1 Å². The van der Waals surface area contributed by atoms with Crippen molar-refractivity contribution in [2.75, 3.05) is 13.2 Å². The number of hydrogen-bond donors (Lipinski definition) is 0. The zero-order valence-electron chi connectivity index (χ0n) is 19.8. The quantitative estimate of drug-likeness (QED) is 0.297. The van der Waals surface area contributed by atoms with Gasteiger partial charge in [0, 0.05) is 11.1 Å². The molecule has 2 aliphatic carbocycles. The molecule has 184 valence electrons. The molecule has 2 nitrogen and oxygen atoms in total. The molecule has 2 aromatic carbocycles. The van der Waals surface area contributed by atoms with E-state index in [1.54, 1.807) is 6.92 Å². The second-order valence-electron chi connectivity index (χ2n) is 9.52. The summed E-state index contributed by atoms with van der Waals surface area (Å²) < 4.78 is 69.0. The van der Waals surface area contributed by atoms with E-state index in [-0.39, 0.29) is 29.2 Å². The van der Waals surface area contributed by atoms with Crippen LogP contribution < -0.4 is 9.47 Å². The highest BCUT2D eigenvalue weighted by Gasteiger charge is 2.35. The molecule has 4 unspecified atom stereocenters. The lowest BCUT2D eigenvalue weighted by Gasteiger charge is -2.41. The topological polar surface area (TPSA) is 18.5 Å². The van der Waals surface area contributed by atoms with Crippen LogP contribution in [0.2, 0.25) is 0 Å². The van der Waals surface area contributed by atoms with Crippen LogP contribution in [0, 0.1) is 46.9 Å². The van der Waals surface area contributed by atoms with Crippen LogP contribution in [0.3, 0.4) is 0 Å². The Balaban J connectivity index is 1.41. The van der Waals surface area contributed by atoms with E-state index in [1.165, 1.54) is 43.5 Å². The van der Waals surface area contributed by atoms with E-state index in [1.807, 2.05) is 0 Å². The number of benzene rings is 2. The number of ether oxygens (including phenoxy) is 2. The molecule has 0 aromatic heterocycles. The van der Waals surface area contributed by atoms with Gasteiger partial charge in [0.2, 0.25) is 11.6 Å². The van der Waals surface area contributed by atoms with Gasteiger partial charge in [0.25, 0.3) is 0 Å². The van der Waals surface area contributed by atoms with Crippen LogP contribution in [0.1, 0.15) is 52.4 Å². The standard InChI is InChI=1S/C28H32F4O2/c1-3-5-17-6-8-20-15-18(7-9-19(20)14-17)16-34-24-13-11-22(26(30)28(24)32)21-10-12-23(33-4-2)27(31)25(21)29/h3,5,10-13,17-20H,4,6-9,14-16H2,1-2H3. The summed E-state index contributed by atoms with van der Waals surface area (Å²) in [5, 5.41) is 0. The second kappa shape index (κ2) is 10.8. The molecule has 4 atom stereocenters. The lowest BCUT2D eigenvalue weighted by atomic mass is 9.65. The van der Waals surface area contributed by atoms with E-state index in [0.717, 1.165) is 25.2 Å². The highest BCUT2D eigenvalue weighted by molar-refractivity contribution is 5.67. The predicted octanol–water partition coefficient (Wildman–Crippen LogP) is 8.10. The summed E-state index contributed by atoms with van der Waals surface area (Å²) in [7, 11) is 0. The summed E-state index contributed by atoms with van der Waals surface area (Å²) >= 11 is 0. The molecule has 4 rings (SSSR count). The predicted molar refractivity (Wildman–Crippen MR) is 125 cm³/mol. The lowest BCUT2D eigenvalue weighted by Crippen LogP contribution is -2.32. The van der Waals surface area contributed by atoms with Crippen molar-refractivity contribution in [2.24, 2.45) is 23.7 Å². The second-order valence-corrected chi connectivity index (χ2v) is 9.52. The van der Waals surface area contributed by atoms with E-state index in [9.17, 15) is 17.6 Å². The van der Waals surface area contributed by atoms with E-state index >= 15 is 0 Å². The molecule has 0 saturated heterocycles. The number of allylic oxidation sites excluding steroid dienone is 2. The van der Waals surface area contributed by atoms with Crippen LogP contribution in [0.15, 0.2) is 36.4 Å². The first-order valence-electron chi connectivity index (χ1n) is 12.3. The minimum Gasteiger partial charge on any atom is -0.491 e. The zero-order chi connectivity index (χ0) is 24.2. The number of fused-ring (bicyclic) bond motifs is 1. The van der Waals surface area contributed by atoms with Gasteiger partial charge in [0.05, 0.1) is 13.2 Å². The molecule has 0 N–H and O–H groups in total. The Kier molecular flexibility index (Phi) is 7.84. The van der Waals surface area contributed by atoms with Gasteiger partial charge in [-0.05, 0) is 100 Å². The van der Waals surface area contributed by atoms with E-state index < -0.39 is 23.3 Å². The molecule has 0 radical (unpaired) electrons. The van der Waals surface area contributed by atoms with E-state index in [4.69, 9.17) is 9.47 Å². The number of rotatable bonds is 7. The molecule has 2 fully saturated rings. The maximum Gasteiger partial charge on any atom is 0.201 e. The lowest BCUT2D eigenvalue weighted by molar-refractivity contribution is 0.0854. The zero-order valence-corrected chi connectivity index (χ0v) is 19.8. The number of halogens is 4. The van der Waals surface area contributed by atoms with Gasteiger partial charge in [0.1, 0.15) is 0 Å². The van der Waals surface area contributed by atoms with Gasteiger partial charge in [-0.25, -0.2) is 8.78 Å². The SMILES string of the molecule is CC=CC1CCC2CC(COc3ccc(-c4ccc(OCC)c(F)c4F)c(F)c3F)CCC2C1. The van der Waals surface area contributed by atoms with Gasteiger partial charge in [-0.15, -0.1) is 0 Å². The third-order valence-electron chi connectivity index (χ3n) is 7.39. The molecular formula is C28H32F4O2. The van der Waals surface area contributed by atoms with Gasteiger partial charge in [0.15, 0.2) is 23.1 Å². The Hall–Kier alpha value is -2.50. The molecule has 2 aliphatic rings. The highest BCUT2D eigenvalue weighted by atomic mass is 19.2. The maximum absolute atomic E-state index is 14.8. The van der Waals surface area contributed by atoms with Crippen molar-refractivity contribution >= 4 is 0 Å². The van der Waals surface area contributed by atoms with Crippen molar-refractivity contribution < 1.29 is 27.0 Å². The molecule has 0 aliphatic heterocycles. The van der Waals surface area contributed by atoms with Crippen molar-refractivity contribution in [3.63, 3.8) is 0 Å². The summed E-state index contributed by atoms with van der Waals surface area (Å²) in [6.07, 6.45) is 11.3. The third-order valence-corrected chi connectivity index (χ3v) is 7.39. The fourth-order valence-corrected chi connectivity index (χ4v) is 5.69. The molecule has 0 spiro atoms. The van der Waals surface area contributed by atoms with Crippen molar-refractivity contribution in [3.8, 4) is 22.6 Å². The summed E-state index contributed by atoms with van der Waals surface area (Å²) in [6, 6.07) is 4.91. The first-order chi connectivity index (χ1) is 16.4. The Bertz CT molecular complexity index is 1040. The van der Waals surface area contributed by atoms with Gasteiger partial charge >= 0.3 is 0 Å². The smallest absolute Gasteiger partial charge is 0.201 e. The molecule has 2 aromatic rings. The largest absolute Gasteiger partial charge is 0.491 e. The van der Waals surface area contributed by atoms with Crippen molar-refractivity contribution in [1.29, 1.82) is 0 Å². The fourth-order valence-electron chi connectivity index (χ4n) is 5.69. The normalized spacial score (nSPS) is 24.8. The molecule has 34 heavy (non-hydrogen) atoms. The number of hydrogen-bond acceptors (Lipinski definition) is 2. The highest BCUT2D eigenvalue weighted by Crippen LogP contribution is 2.45. The monoisotopic (exact) mass is 476 g/mol. The van der Waals surface area contributed by atoms with Gasteiger partial charge in [-0.1, -0.05) is 12.2 Å². The molecule has 2 saturated carbocycles. The Morgan fingerprint density at radius 2 is 1.35 bits per heavy atom. The van der Waals surface area contributed by atoms with E-state index in [0.29, 0.717) is 24.4 Å². The Morgan fingerprint density at radius 3 is 1.97 bits per heavy atom. The van der Waals surface area contributed by atoms with Crippen molar-refractivity contribution in [2.45, 2.75) is 52.4 Å². The average Bonchev–Trinajstić information content (AvgIpc) is 2.84. The molecule has 0 heterocycles. The van der Waals surface area contributed by atoms with Crippen LogP contribution in [-0.4, -0.2) is 13.2 Å². The van der Waals surface area contributed by atoms with Gasteiger partial charge < -0.3 is 9.47 Å². The first-order valence-corrected chi connectivity index (χ1v) is 12.3. The average molecular weight is 477 g/mol. The summed E-state index contributed by atoms with van der Waals surface area (Å²) in [5.41, 5.74) is -0.724. The van der Waals surface area contributed by atoms with Crippen LogP contribution in [0.4, 0.5) is 17.6 Å². The Labute approximate surface area is 199 Å². The third kappa shape index (κ3) is 5.11. The van der Waals surface area contributed by atoms with Crippen LogP contribution in [-0.2, 0) is 0 Å². The van der Waals surface area contributed by atoms with Crippen molar-refractivity contribution in [3.05, 3.63) is 59.7 Å².